The molecule has 7 heteroatoms. The molecular weight excluding hydrogens is 294 g/mol. The number of rotatable bonds is 6. The molecule has 0 saturated carbocycles. The summed E-state index contributed by atoms with van der Waals surface area (Å²) in [5, 5.41) is 6.48. The first-order valence-corrected chi connectivity index (χ1v) is 8.06. The van der Waals surface area contributed by atoms with Crippen molar-refractivity contribution in [2.75, 3.05) is 7.11 Å². The molecule has 0 saturated heterocycles. The zero-order valence-electron chi connectivity index (χ0n) is 11.7. The number of methoxy groups -OCH3 is 1. The van der Waals surface area contributed by atoms with Crippen LogP contribution in [0.15, 0.2) is 5.38 Å². The van der Waals surface area contributed by atoms with Gasteiger partial charge in [0.15, 0.2) is 0 Å². The van der Waals surface area contributed by atoms with Crippen molar-refractivity contribution in [2.45, 2.75) is 33.2 Å². The summed E-state index contributed by atoms with van der Waals surface area (Å²) in [4.78, 5) is 21.3. The molecule has 2 aromatic heterocycles. The fraction of sp³-hybridized carbons (Fsp3) is 0.462. The number of hydrogen-bond donors (Lipinski definition) is 1. The van der Waals surface area contributed by atoms with E-state index in [0.717, 1.165) is 23.5 Å². The average Bonchev–Trinajstić information content (AvgIpc) is 3.03. The van der Waals surface area contributed by atoms with Crippen molar-refractivity contribution in [1.29, 1.82) is 0 Å². The summed E-state index contributed by atoms with van der Waals surface area (Å²) in [6.45, 7) is 4.37. The molecule has 2 rings (SSSR count). The number of aromatic nitrogens is 2. The summed E-state index contributed by atoms with van der Waals surface area (Å²) in [7, 11) is 1.55. The molecule has 0 fully saturated rings. The lowest BCUT2D eigenvalue weighted by Crippen LogP contribution is -2.22. The summed E-state index contributed by atoms with van der Waals surface area (Å²) < 4.78 is 5.04. The first-order chi connectivity index (χ1) is 9.63. The van der Waals surface area contributed by atoms with Crippen molar-refractivity contribution in [1.82, 2.24) is 15.3 Å². The molecule has 0 aliphatic carbocycles. The van der Waals surface area contributed by atoms with E-state index in [0.29, 0.717) is 22.3 Å². The van der Waals surface area contributed by atoms with Gasteiger partial charge in [-0.3, -0.25) is 4.79 Å². The fourth-order valence-corrected chi connectivity index (χ4v) is 3.38. The summed E-state index contributed by atoms with van der Waals surface area (Å²) in [6.07, 6.45) is 2.07. The Hall–Kier alpha value is -1.47. The molecule has 0 radical (unpaired) electrons. The molecule has 5 nitrogen and oxygen atoms in total. The third-order valence-corrected chi connectivity index (χ3v) is 4.73. The molecule has 0 unspecified atom stereocenters. The molecular formula is C13H17N3O2S2. The van der Waals surface area contributed by atoms with E-state index in [9.17, 15) is 4.79 Å². The lowest BCUT2D eigenvalue weighted by atomic mass is 10.3. The Morgan fingerprint density at radius 3 is 2.90 bits per heavy atom. The van der Waals surface area contributed by atoms with Gasteiger partial charge in [0.1, 0.15) is 4.88 Å². The number of hydrogen-bond acceptors (Lipinski definition) is 6. The molecule has 20 heavy (non-hydrogen) atoms. The van der Waals surface area contributed by atoms with E-state index in [2.05, 4.69) is 22.2 Å². The van der Waals surface area contributed by atoms with Gasteiger partial charge in [-0.25, -0.2) is 9.97 Å². The highest BCUT2D eigenvalue weighted by Gasteiger charge is 2.15. The van der Waals surface area contributed by atoms with Gasteiger partial charge in [-0.2, -0.15) is 0 Å². The van der Waals surface area contributed by atoms with Crippen molar-refractivity contribution < 1.29 is 9.53 Å². The molecule has 0 atom stereocenters. The highest BCUT2D eigenvalue weighted by molar-refractivity contribution is 7.15. The Morgan fingerprint density at radius 2 is 2.25 bits per heavy atom. The average molecular weight is 311 g/mol. The molecule has 0 aliphatic heterocycles. The predicted molar refractivity (Wildman–Crippen MR) is 80.7 cm³/mol. The summed E-state index contributed by atoms with van der Waals surface area (Å²) >= 11 is 2.89. The SMILES string of the molecule is CCCc1nc(CNC(=O)c2sc(OC)nc2C)cs1. The van der Waals surface area contributed by atoms with Crippen molar-refractivity contribution in [3.05, 3.63) is 26.7 Å². The van der Waals surface area contributed by atoms with Gasteiger partial charge >= 0.3 is 0 Å². The predicted octanol–water partition coefficient (Wildman–Crippen LogP) is 2.80. The van der Waals surface area contributed by atoms with E-state index in [1.807, 2.05) is 5.38 Å². The smallest absolute Gasteiger partial charge is 0.273 e. The van der Waals surface area contributed by atoms with Crippen LogP contribution in [0.1, 0.15) is 39.4 Å². The first-order valence-electron chi connectivity index (χ1n) is 6.37. The zero-order chi connectivity index (χ0) is 14.5. The minimum Gasteiger partial charge on any atom is -0.473 e. The van der Waals surface area contributed by atoms with Gasteiger partial charge in [0.2, 0.25) is 0 Å². The van der Waals surface area contributed by atoms with Crippen LogP contribution in [0.5, 0.6) is 5.19 Å². The molecule has 2 aromatic rings. The topological polar surface area (TPSA) is 64.1 Å². The Morgan fingerprint density at radius 1 is 1.45 bits per heavy atom. The quantitative estimate of drug-likeness (QED) is 0.891. The maximum atomic E-state index is 12.1. The zero-order valence-corrected chi connectivity index (χ0v) is 13.4. The normalized spacial score (nSPS) is 10.6. The number of nitrogens with zero attached hydrogens (tertiary/aromatic N) is 2. The Balaban J connectivity index is 1.95. The standard InChI is InChI=1S/C13H17N3O2S2/c1-4-5-10-16-9(7-19-10)6-14-12(17)11-8(2)15-13(18-3)20-11/h7H,4-6H2,1-3H3,(H,14,17). The molecule has 1 amide bonds. The number of nitrogens with one attached hydrogen (secondary N) is 1. The molecule has 0 spiro atoms. The van der Waals surface area contributed by atoms with Crippen LogP contribution in [-0.4, -0.2) is 23.0 Å². The second-order valence-corrected chi connectivity index (χ2v) is 6.17. The van der Waals surface area contributed by atoms with Gasteiger partial charge in [-0.1, -0.05) is 18.3 Å². The first kappa shape index (κ1) is 14.9. The summed E-state index contributed by atoms with van der Waals surface area (Å²) in [6, 6.07) is 0. The Bertz CT molecular complexity index is 592. The van der Waals surface area contributed by atoms with E-state index >= 15 is 0 Å². The van der Waals surface area contributed by atoms with Gasteiger partial charge in [0, 0.05) is 5.38 Å². The van der Waals surface area contributed by atoms with Crippen LogP contribution < -0.4 is 10.1 Å². The lowest BCUT2D eigenvalue weighted by molar-refractivity contribution is 0.0953. The van der Waals surface area contributed by atoms with Gasteiger partial charge in [-0.05, 0) is 19.8 Å². The number of carbonyl (C=O) groups is 1. The molecule has 0 bridgehead atoms. The van der Waals surface area contributed by atoms with E-state index in [1.165, 1.54) is 11.3 Å². The van der Waals surface area contributed by atoms with Crippen LogP contribution in [0.4, 0.5) is 0 Å². The maximum Gasteiger partial charge on any atom is 0.273 e. The van der Waals surface area contributed by atoms with E-state index in [1.54, 1.807) is 25.4 Å². The van der Waals surface area contributed by atoms with Crippen LogP contribution in [0.3, 0.4) is 0 Å². The van der Waals surface area contributed by atoms with Crippen LogP contribution >= 0.6 is 22.7 Å². The van der Waals surface area contributed by atoms with Gasteiger partial charge in [0.05, 0.1) is 30.1 Å². The number of thiazole rings is 2. The number of aryl methyl sites for hydroxylation is 2. The number of carbonyl (C=O) groups excluding carboxylic acids is 1. The van der Waals surface area contributed by atoms with Crippen LogP contribution in [0.25, 0.3) is 0 Å². The minimum atomic E-state index is -0.131. The van der Waals surface area contributed by atoms with Crippen molar-refractivity contribution >= 4 is 28.6 Å². The molecule has 0 aromatic carbocycles. The van der Waals surface area contributed by atoms with Gasteiger partial charge in [0.25, 0.3) is 11.1 Å². The molecule has 1 N–H and O–H groups in total. The summed E-state index contributed by atoms with van der Waals surface area (Å²) in [5.74, 6) is -0.131. The van der Waals surface area contributed by atoms with Crippen LogP contribution in [-0.2, 0) is 13.0 Å². The van der Waals surface area contributed by atoms with E-state index in [-0.39, 0.29) is 5.91 Å². The maximum absolute atomic E-state index is 12.1. The molecule has 0 aliphatic rings. The molecule has 2 heterocycles. The lowest BCUT2D eigenvalue weighted by Gasteiger charge is -2.01. The van der Waals surface area contributed by atoms with Crippen LogP contribution in [0.2, 0.25) is 0 Å². The third kappa shape index (κ3) is 3.55. The minimum absolute atomic E-state index is 0.131. The number of amides is 1. The second kappa shape index (κ2) is 6.81. The van der Waals surface area contributed by atoms with Crippen molar-refractivity contribution in [2.24, 2.45) is 0 Å². The summed E-state index contributed by atoms with van der Waals surface area (Å²) in [5.41, 5.74) is 1.59. The van der Waals surface area contributed by atoms with E-state index < -0.39 is 0 Å². The van der Waals surface area contributed by atoms with Crippen molar-refractivity contribution in [3.63, 3.8) is 0 Å². The second-order valence-electron chi connectivity index (χ2n) is 4.26. The van der Waals surface area contributed by atoms with Crippen molar-refractivity contribution in [3.8, 4) is 5.19 Å². The monoisotopic (exact) mass is 311 g/mol. The Labute approximate surface area is 126 Å². The van der Waals surface area contributed by atoms with Gasteiger partial charge in [-0.15, -0.1) is 11.3 Å². The number of ether oxygens (including phenoxy) is 1. The highest BCUT2D eigenvalue weighted by Crippen LogP contribution is 2.24. The Kier molecular flexibility index (Phi) is 5.08. The van der Waals surface area contributed by atoms with Gasteiger partial charge < -0.3 is 10.1 Å². The highest BCUT2D eigenvalue weighted by atomic mass is 32.1. The van der Waals surface area contributed by atoms with E-state index in [4.69, 9.17) is 4.74 Å². The van der Waals surface area contributed by atoms with Crippen LogP contribution in [0, 0.1) is 6.92 Å². The fourth-order valence-electron chi connectivity index (χ4n) is 1.68. The third-order valence-electron chi connectivity index (χ3n) is 2.65. The molecule has 108 valence electrons. The largest absolute Gasteiger partial charge is 0.473 e.